The fraction of sp³-hybridized carbons (Fsp3) is 0.462. The fourth-order valence-electron chi connectivity index (χ4n) is 2.25. The third kappa shape index (κ3) is 3.50. The lowest BCUT2D eigenvalue weighted by Gasteiger charge is -2.22. The van der Waals surface area contributed by atoms with Crippen molar-refractivity contribution in [2.75, 3.05) is 19.6 Å². The maximum atomic E-state index is 12.6. The lowest BCUT2D eigenvalue weighted by atomic mass is 9.90. The van der Waals surface area contributed by atoms with E-state index in [1.54, 1.807) is 0 Å². The van der Waals surface area contributed by atoms with Gasteiger partial charge in [0, 0.05) is 13.1 Å². The zero-order valence-electron chi connectivity index (χ0n) is 11.5. The van der Waals surface area contributed by atoms with Gasteiger partial charge in [-0.1, -0.05) is 18.5 Å². The average Bonchev–Trinajstić information content (AvgIpc) is 2.83. The summed E-state index contributed by atoms with van der Waals surface area (Å²) in [5.41, 5.74) is 5.67. The first-order valence-corrected chi connectivity index (χ1v) is 8.04. The minimum absolute atomic E-state index is 0. The third-order valence-electron chi connectivity index (χ3n) is 3.71. The van der Waals surface area contributed by atoms with Gasteiger partial charge >= 0.3 is 0 Å². The van der Waals surface area contributed by atoms with Crippen LogP contribution >= 0.6 is 24.0 Å². The second-order valence-electron chi connectivity index (χ2n) is 5.36. The van der Waals surface area contributed by atoms with Crippen LogP contribution in [0.5, 0.6) is 0 Å². The Morgan fingerprint density at radius 1 is 1.52 bits per heavy atom. The van der Waals surface area contributed by atoms with E-state index < -0.39 is 10.0 Å². The summed E-state index contributed by atoms with van der Waals surface area (Å²) in [4.78, 5) is 0.0970. The van der Waals surface area contributed by atoms with Gasteiger partial charge in [-0.15, -0.1) is 12.4 Å². The largest absolute Gasteiger partial charge is 0.330 e. The van der Waals surface area contributed by atoms with Gasteiger partial charge in [-0.25, -0.2) is 8.42 Å². The van der Waals surface area contributed by atoms with Crippen LogP contribution in [0.15, 0.2) is 23.1 Å². The molecule has 1 unspecified atom stereocenters. The van der Waals surface area contributed by atoms with E-state index in [2.05, 4.69) is 0 Å². The van der Waals surface area contributed by atoms with Crippen molar-refractivity contribution in [2.45, 2.75) is 18.2 Å². The number of benzene rings is 1. The SMILES string of the molecule is CC1(CN)CCN(S(=O)(=O)c2ccc(Cl)c(C#N)c2)C1.Cl. The number of nitrogens with two attached hydrogens (primary N) is 1. The van der Waals surface area contributed by atoms with Gasteiger partial charge in [0.05, 0.1) is 15.5 Å². The second kappa shape index (κ2) is 6.51. The molecular weight excluding hydrogens is 333 g/mol. The summed E-state index contributed by atoms with van der Waals surface area (Å²) in [6.45, 7) is 3.27. The Morgan fingerprint density at radius 3 is 2.71 bits per heavy atom. The second-order valence-corrected chi connectivity index (χ2v) is 7.70. The highest BCUT2D eigenvalue weighted by atomic mass is 35.5. The molecule has 1 aliphatic rings. The molecule has 116 valence electrons. The molecule has 1 aromatic rings. The standard InChI is InChI=1S/C13H16ClN3O2S.ClH/c1-13(8-16)4-5-17(9-13)20(18,19)11-2-3-12(14)10(6-11)7-15;/h2-3,6H,4-5,8-9,16H2,1H3;1H. The molecular formula is C13H17Cl2N3O2S. The number of hydrogen-bond acceptors (Lipinski definition) is 4. The van der Waals surface area contributed by atoms with Crippen LogP contribution < -0.4 is 5.73 Å². The minimum atomic E-state index is -3.60. The van der Waals surface area contributed by atoms with Crippen molar-refractivity contribution in [2.24, 2.45) is 11.1 Å². The monoisotopic (exact) mass is 349 g/mol. The van der Waals surface area contributed by atoms with Gasteiger partial charge in [-0.3, -0.25) is 0 Å². The molecule has 1 aromatic carbocycles. The molecule has 21 heavy (non-hydrogen) atoms. The number of sulfonamides is 1. The molecule has 1 fully saturated rings. The highest BCUT2D eigenvalue weighted by molar-refractivity contribution is 7.89. The predicted molar refractivity (Wildman–Crippen MR) is 84.0 cm³/mol. The molecule has 0 amide bonds. The molecule has 1 aliphatic heterocycles. The summed E-state index contributed by atoms with van der Waals surface area (Å²) >= 11 is 5.83. The Balaban J connectivity index is 0.00000220. The topological polar surface area (TPSA) is 87.2 Å². The molecule has 0 aromatic heterocycles. The summed E-state index contributed by atoms with van der Waals surface area (Å²) < 4.78 is 26.5. The Morgan fingerprint density at radius 2 is 2.19 bits per heavy atom. The molecule has 0 aliphatic carbocycles. The summed E-state index contributed by atoms with van der Waals surface area (Å²) in [5.74, 6) is 0. The van der Waals surface area contributed by atoms with Gasteiger partial charge in [0.2, 0.25) is 10.0 Å². The molecule has 1 atom stereocenters. The van der Waals surface area contributed by atoms with Gasteiger partial charge in [0.1, 0.15) is 6.07 Å². The van der Waals surface area contributed by atoms with Crippen molar-refractivity contribution < 1.29 is 8.42 Å². The van der Waals surface area contributed by atoms with Crippen LogP contribution in [0.2, 0.25) is 5.02 Å². The molecule has 1 saturated heterocycles. The summed E-state index contributed by atoms with van der Waals surface area (Å²) in [6, 6.07) is 6.07. The van der Waals surface area contributed by atoms with Crippen molar-refractivity contribution in [3.05, 3.63) is 28.8 Å². The number of halogens is 2. The van der Waals surface area contributed by atoms with Gasteiger partial charge in [0.15, 0.2) is 0 Å². The van der Waals surface area contributed by atoms with Crippen LogP contribution in [0.3, 0.4) is 0 Å². The van der Waals surface area contributed by atoms with E-state index in [9.17, 15) is 8.42 Å². The third-order valence-corrected chi connectivity index (χ3v) is 5.88. The maximum absolute atomic E-state index is 12.6. The number of nitrogens with zero attached hydrogens (tertiary/aromatic N) is 2. The van der Waals surface area contributed by atoms with E-state index in [1.807, 2.05) is 13.0 Å². The summed E-state index contributed by atoms with van der Waals surface area (Å²) in [6.07, 6.45) is 0.738. The lowest BCUT2D eigenvalue weighted by molar-refractivity contribution is 0.349. The Kier molecular flexibility index (Phi) is 5.64. The van der Waals surface area contributed by atoms with Gasteiger partial charge in [0.25, 0.3) is 0 Å². The van der Waals surface area contributed by atoms with Gasteiger partial charge in [-0.2, -0.15) is 9.57 Å². The Bertz CT molecular complexity index is 672. The zero-order valence-corrected chi connectivity index (χ0v) is 13.9. The average molecular weight is 350 g/mol. The van der Waals surface area contributed by atoms with Gasteiger partial charge in [-0.05, 0) is 36.6 Å². The normalized spacial score (nSPS) is 22.6. The highest BCUT2D eigenvalue weighted by Gasteiger charge is 2.39. The van der Waals surface area contributed by atoms with Crippen molar-refractivity contribution in [1.29, 1.82) is 5.26 Å². The molecule has 0 bridgehead atoms. The van der Waals surface area contributed by atoms with Crippen molar-refractivity contribution in [1.82, 2.24) is 4.31 Å². The maximum Gasteiger partial charge on any atom is 0.243 e. The smallest absolute Gasteiger partial charge is 0.243 e. The van der Waals surface area contributed by atoms with Crippen LogP contribution in [0.25, 0.3) is 0 Å². The zero-order chi connectivity index (χ0) is 15.0. The number of nitriles is 1. The first-order chi connectivity index (χ1) is 9.32. The lowest BCUT2D eigenvalue weighted by Crippen LogP contribution is -2.34. The summed E-state index contributed by atoms with van der Waals surface area (Å²) in [5, 5.41) is 9.19. The minimum Gasteiger partial charge on any atom is -0.330 e. The number of rotatable bonds is 3. The molecule has 2 N–H and O–H groups in total. The van der Waals surface area contributed by atoms with E-state index in [4.69, 9.17) is 22.6 Å². The van der Waals surface area contributed by atoms with Crippen LogP contribution in [0.1, 0.15) is 18.9 Å². The van der Waals surface area contributed by atoms with E-state index in [0.29, 0.717) is 19.6 Å². The molecule has 0 spiro atoms. The quantitative estimate of drug-likeness (QED) is 0.903. The van der Waals surface area contributed by atoms with Crippen LogP contribution in [-0.4, -0.2) is 32.4 Å². The van der Waals surface area contributed by atoms with Crippen molar-refractivity contribution in [3.8, 4) is 6.07 Å². The van der Waals surface area contributed by atoms with Crippen molar-refractivity contribution in [3.63, 3.8) is 0 Å². The molecule has 8 heteroatoms. The van der Waals surface area contributed by atoms with Crippen LogP contribution in [0, 0.1) is 16.7 Å². The van der Waals surface area contributed by atoms with E-state index >= 15 is 0 Å². The van der Waals surface area contributed by atoms with E-state index in [0.717, 1.165) is 6.42 Å². The number of hydrogen-bond donors (Lipinski definition) is 1. The Hall–Kier alpha value is -0.840. The van der Waals surface area contributed by atoms with E-state index in [1.165, 1.54) is 22.5 Å². The van der Waals surface area contributed by atoms with E-state index in [-0.39, 0.29) is 33.3 Å². The first-order valence-electron chi connectivity index (χ1n) is 6.22. The van der Waals surface area contributed by atoms with Crippen molar-refractivity contribution >= 4 is 34.0 Å². The first kappa shape index (κ1) is 18.2. The fourth-order valence-corrected chi connectivity index (χ4v) is 4.03. The Labute approximate surface area is 136 Å². The van der Waals surface area contributed by atoms with Crippen LogP contribution in [0.4, 0.5) is 0 Å². The predicted octanol–water partition coefficient (Wildman–Crippen LogP) is 1.99. The molecule has 2 rings (SSSR count). The molecule has 1 heterocycles. The summed E-state index contributed by atoms with van der Waals surface area (Å²) in [7, 11) is -3.60. The van der Waals surface area contributed by atoms with Crippen LogP contribution in [-0.2, 0) is 10.0 Å². The highest BCUT2D eigenvalue weighted by Crippen LogP contribution is 2.33. The molecule has 5 nitrogen and oxygen atoms in total. The molecule has 0 saturated carbocycles. The van der Waals surface area contributed by atoms with Gasteiger partial charge < -0.3 is 5.73 Å². The molecule has 0 radical (unpaired) electrons.